The summed E-state index contributed by atoms with van der Waals surface area (Å²) in [6.45, 7) is 10.1. The molecule has 0 fully saturated rings. The van der Waals surface area contributed by atoms with Gasteiger partial charge in [0.25, 0.3) is 0 Å². The van der Waals surface area contributed by atoms with Crippen molar-refractivity contribution in [1.82, 2.24) is 5.32 Å². The molecule has 0 aliphatic carbocycles. The van der Waals surface area contributed by atoms with Crippen LogP contribution in [0.15, 0.2) is 0 Å². The van der Waals surface area contributed by atoms with Gasteiger partial charge in [-0.3, -0.25) is 4.79 Å². The highest BCUT2D eigenvalue weighted by atomic mass is 16.6. The highest BCUT2D eigenvalue weighted by Crippen LogP contribution is 2.11. The number of nitrogens with one attached hydrogen (secondary N) is 1. The van der Waals surface area contributed by atoms with Crippen molar-refractivity contribution in [3.63, 3.8) is 0 Å². The average Bonchev–Trinajstić information content (AvgIpc) is 2.18. The SMILES string of the molecule is CC(C)(C)OC(=O)CC[C@H](NC(=O)OC(C)(C)C)C(=O)[O-]. The van der Waals surface area contributed by atoms with Crippen molar-refractivity contribution in [2.45, 2.75) is 71.6 Å². The van der Waals surface area contributed by atoms with Crippen LogP contribution in [0.3, 0.4) is 0 Å². The van der Waals surface area contributed by atoms with E-state index in [-0.39, 0.29) is 12.8 Å². The Labute approximate surface area is 125 Å². The Morgan fingerprint density at radius 2 is 1.48 bits per heavy atom. The number of alkyl carbamates (subject to hydrolysis) is 1. The summed E-state index contributed by atoms with van der Waals surface area (Å²) in [5, 5.41) is 13.1. The highest BCUT2D eigenvalue weighted by Gasteiger charge is 2.22. The van der Waals surface area contributed by atoms with Gasteiger partial charge in [-0.15, -0.1) is 0 Å². The number of ether oxygens (including phenoxy) is 2. The molecule has 122 valence electrons. The van der Waals surface area contributed by atoms with E-state index in [1.807, 2.05) is 0 Å². The van der Waals surface area contributed by atoms with Gasteiger partial charge in [-0.25, -0.2) is 4.79 Å². The van der Waals surface area contributed by atoms with Crippen LogP contribution in [0.1, 0.15) is 54.4 Å². The van der Waals surface area contributed by atoms with E-state index < -0.39 is 35.3 Å². The van der Waals surface area contributed by atoms with E-state index >= 15 is 0 Å². The van der Waals surface area contributed by atoms with Crippen LogP contribution in [0.5, 0.6) is 0 Å². The zero-order valence-electron chi connectivity index (χ0n) is 13.4. The molecular formula is C14H24NO6-. The average molecular weight is 302 g/mol. The Kier molecular flexibility index (Phi) is 6.66. The number of hydrogen-bond donors (Lipinski definition) is 1. The van der Waals surface area contributed by atoms with Gasteiger partial charge in [-0.1, -0.05) is 0 Å². The van der Waals surface area contributed by atoms with Gasteiger partial charge in [0.1, 0.15) is 11.2 Å². The van der Waals surface area contributed by atoms with E-state index in [1.165, 1.54) is 0 Å². The summed E-state index contributed by atoms with van der Waals surface area (Å²) in [6, 6.07) is -1.31. The number of hydrogen-bond acceptors (Lipinski definition) is 6. The van der Waals surface area contributed by atoms with Crippen molar-refractivity contribution in [1.29, 1.82) is 0 Å². The molecule has 0 saturated carbocycles. The minimum Gasteiger partial charge on any atom is -0.548 e. The molecule has 0 aromatic carbocycles. The molecule has 21 heavy (non-hydrogen) atoms. The second-order valence-electron chi connectivity index (χ2n) is 6.64. The molecule has 1 N–H and O–H groups in total. The number of carbonyl (C=O) groups excluding carboxylic acids is 3. The molecule has 7 heteroatoms. The molecule has 0 saturated heterocycles. The Balaban J connectivity index is 4.42. The Bertz CT molecular complexity index is 391. The summed E-state index contributed by atoms with van der Waals surface area (Å²) in [5.74, 6) is -2.02. The summed E-state index contributed by atoms with van der Waals surface area (Å²) < 4.78 is 10.0. The first kappa shape index (κ1) is 19.2. The van der Waals surface area contributed by atoms with Crippen LogP contribution in [0.4, 0.5) is 4.79 Å². The molecule has 0 bridgehead atoms. The van der Waals surface area contributed by atoms with E-state index in [0.717, 1.165) is 0 Å². The molecule has 0 spiro atoms. The zero-order chi connectivity index (χ0) is 16.8. The van der Waals surface area contributed by atoms with E-state index in [1.54, 1.807) is 41.5 Å². The Morgan fingerprint density at radius 1 is 1.00 bits per heavy atom. The molecule has 1 atom stereocenters. The number of carbonyl (C=O) groups is 3. The first-order valence-electron chi connectivity index (χ1n) is 6.72. The van der Waals surface area contributed by atoms with Crippen LogP contribution < -0.4 is 10.4 Å². The molecule has 0 unspecified atom stereocenters. The monoisotopic (exact) mass is 302 g/mol. The third-order valence-electron chi connectivity index (χ3n) is 2.03. The Hall–Kier alpha value is -1.79. The molecule has 1 amide bonds. The number of carboxylic acids is 1. The van der Waals surface area contributed by atoms with Crippen molar-refractivity contribution in [2.24, 2.45) is 0 Å². The number of carboxylic acid groups (broad SMARTS) is 1. The van der Waals surface area contributed by atoms with Gasteiger partial charge < -0.3 is 24.7 Å². The number of esters is 1. The summed E-state index contributed by atoms with van der Waals surface area (Å²) in [7, 11) is 0. The van der Waals surface area contributed by atoms with E-state index in [2.05, 4.69) is 5.32 Å². The molecule has 0 aromatic rings. The standard InChI is InChI=1S/C14H25NO6/c1-13(2,3)20-10(16)8-7-9(11(17)18)15-12(19)21-14(4,5)6/h9H,7-8H2,1-6H3,(H,15,19)(H,17,18)/p-1/t9-/m0/s1. The predicted molar refractivity (Wildman–Crippen MR) is 73.2 cm³/mol. The van der Waals surface area contributed by atoms with Crippen molar-refractivity contribution in [3.05, 3.63) is 0 Å². The van der Waals surface area contributed by atoms with Crippen LogP contribution in [0.25, 0.3) is 0 Å². The molecular weight excluding hydrogens is 278 g/mol. The van der Waals surface area contributed by atoms with Crippen LogP contribution in [-0.2, 0) is 19.1 Å². The molecule has 0 aromatic heterocycles. The van der Waals surface area contributed by atoms with Gasteiger partial charge in [0.15, 0.2) is 0 Å². The number of rotatable bonds is 5. The van der Waals surface area contributed by atoms with Crippen LogP contribution >= 0.6 is 0 Å². The lowest BCUT2D eigenvalue weighted by Gasteiger charge is -2.24. The fraction of sp³-hybridized carbons (Fsp3) is 0.786. The van der Waals surface area contributed by atoms with Crippen molar-refractivity contribution in [3.8, 4) is 0 Å². The second kappa shape index (κ2) is 7.28. The minimum absolute atomic E-state index is 0.128. The molecule has 0 rings (SSSR count). The van der Waals surface area contributed by atoms with Crippen molar-refractivity contribution >= 4 is 18.0 Å². The van der Waals surface area contributed by atoms with Crippen molar-refractivity contribution < 1.29 is 29.0 Å². The molecule has 0 radical (unpaired) electrons. The summed E-state index contributed by atoms with van der Waals surface area (Å²) in [6.07, 6.45) is -1.15. The van der Waals surface area contributed by atoms with Gasteiger partial charge in [0.05, 0.1) is 12.0 Å². The van der Waals surface area contributed by atoms with Gasteiger partial charge in [-0.2, -0.15) is 0 Å². The van der Waals surface area contributed by atoms with Crippen LogP contribution in [0, 0.1) is 0 Å². The highest BCUT2D eigenvalue weighted by molar-refractivity contribution is 5.79. The van der Waals surface area contributed by atoms with Gasteiger partial charge in [-0.05, 0) is 48.0 Å². The van der Waals surface area contributed by atoms with Gasteiger partial charge in [0, 0.05) is 6.42 Å². The predicted octanol–water partition coefficient (Wildman–Crippen LogP) is 0.751. The largest absolute Gasteiger partial charge is 0.548 e. The van der Waals surface area contributed by atoms with Crippen LogP contribution in [-0.4, -0.2) is 35.3 Å². The Morgan fingerprint density at radius 3 is 1.86 bits per heavy atom. The lowest BCUT2D eigenvalue weighted by Crippen LogP contribution is -2.49. The first-order valence-corrected chi connectivity index (χ1v) is 6.72. The lowest BCUT2D eigenvalue weighted by molar-refractivity contribution is -0.308. The third kappa shape index (κ3) is 10.6. The number of aliphatic carboxylic acids is 1. The maximum atomic E-state index is 11.5. The van der Waals surface area contributed by atoms with Crippen molar-refractivity contribution in [2.75, 3.05) is 0 Å². The summed E-state index contributed by atoms with van der Waals surface area (Å²) >= 11 is 0. The third-order valence-corrected chi connectivity index (χ3v) is 2.03. The smallest absolute Gasteiger partial charge is 0.408 e. The molecule has 0 heterocycles. The lowest BCUT2D eigenvalue weighted by atomic mass is 10.1. The number of amides is 1. The maximum Gasteiger partial charge on any atom is 0.408 e. The van der Waals surface area contributed by atoms with E-state index in [9.17, 15) is 19.5 Å². The van der Waals surface area contributed by atoms with Gasteiger partial charge >= 0.3 is 12.1 Å². The molecule has 7 nitrogen and oxygen atoms in total. The normalized spacial score (nSPS) is 13.2. The van der Waals surface area contributed by atoms with E-state index in [4.69, 9.17) is 9.47 Å². The second-order valence-corrected chi connectivity index (χ2v) is 6.64. The summed E-state index contributed by atoms with van der Waals surface area (Å²) in [5.41, 5.74) is -1.39. The van der Waals surface area contributed by atoms with Gasteiger partial charge in [0.2, 0.25) is 0 Å². The summed E-state index contributed by atoms with van der Waals surface area (Å²) in [4.78, 5) is 34.0. The fourth-order valence-electron chi connectivity index (χ4n) is 1.35. The van der Waals surface area contributed by atoms with Crippen LogP contribution in [0.2, 0.25) is 0 Å². The zero-order valence-corrected chi connectivity index (χ0v) is 13.4. The fourth-order valence-corrected chi connectivity index (χ4v) is 1.35. The maximum absolute atomic E-state index is 11.5. The molecule has 0 aliphatic heterocycles. The quantitative estimate of drug-likeness (QED) is 0.751. The topological polar surface area (TPSA) is 105 Å². The first-order chi connectivity index (χ1) is 9.30. The van der Waals surface area contributed by atoms with E-state index in [0.29, 0.717) is 0 Å². The molecule has 0 aliphatic rings. The minimum atomic E-state index is -1.48.